The number of allylic oxidation sites excluding steroid dienone is 4. The maximum Gasteiger partial charge on any atom is 0.164 e. The van der Waals surface area contributed by atoms with E-state index in [1.54, 1.807) is 0 Å². The van der Waals surface area contributed by atoms with Gasteiger partial charge in [-0.2, -0.15) is 0 Å². The molecule has 10 aromatic rings. The van der Waals surface area contributed by atoms with E-state index in [1.807, 2.05) is 18.2 Å². The van der Waals surface area contributed by atoms with Crippen LogP contribution in [0.1, 0.15) is 27.8 Å². The number of nitrogens with zero attached hydrogens (tertiary/aromatic N) is 3. The van der Waals surface area contributed by atoms with E-state index in [0.717, 1.165) is 61.2 Å². The van der Waals surface area contributed by atoms with Gasteiger partial charge in [-0.1, -0.05) is 193 Å². The number of benzene rings is 9. The molecule has 0 aliphatic heterocycles. The average molecular weight is 850 g/mol. The summed E-state index contributed by atoms with van der Waals surface area (Å²) >= 11 is 0. The molecule has 0 saturated heterocycles. The predicted molar refractivity (Wildman–Crippen MR) is 273 cm³/mol. The van der Waals surface area contributed by atoms with E-state index in [2.05, 4.69) is 230 Å². The van der Waals surface area contributed by atoms with E-state index < -0.39 is 5.41 Å². The summed E-state index contributed by atoms with van der Waals surface area (Å²) in [7, 11) is 0. The standard InChI is InChI=1S/C64H39N3/c1-5-19-42(20-6-1)47-35-48(43-21-7-2-8-22-43)38-51(37-47)62-65-61(66-63(67-62)52-39-49(44-23-9-3-10-24-44)36-50(40-52)45-25-11-4-12-26-45)46-33-34-56-55-29-15-18-32-59(55)64(60(56)41-46)57-30-16-13-27-53(57)54-28-14-17-31-58(54)64/h1-11,13-25,27-41H. The summed E-state index contributed by atoms with van der Waals surface area (Å²) in [6.45, 7) is 0. The van der Waals surface area contributed by atoms with Crippen molar-refractivity contribution < 1.29 is 0 Å². The molecule has 310 valence electrons. The van der Waals surface area contributed by atoms with Gasteiger partial charge in [-0.25, -0.2) is 15.0 Å². The fraction of sp³-hybridized carbons (Fsp3) is 0.0156. The average Bonchev–Trinajstić information content (AvgIpc) is 3.88. The zero-order valence-corrected chi connectivity index (χ0v) is 36.4. The first kappa shape index (κ1) is 38.5. The second kappa shape index (κ2) is 15.6. The lowest BCUT2D eigenvalue weighted by atomic mass is 9.70. The van der Waals surface area contributed by atoms with E-state index in [-0.39, 0.29) is 0 Å². The van der Waals surface area contributed by atoms with Crippen molar-refractivity contribution in [2.75, 3.05) is 0 Å². The molecule has 1 spiro atoms. The minimum absolute atomic E-state index is 0.509. The third-order valence-electron chi connectivity index (χ3n) is 13.6. The molecule has 9 aromatic carbocycles. The number of hydrogen-bond acceptors (Lipinski definition) is 3. The highest BCUT2D eigenvalue weighted by atomic mass is 15.0. The van der Waals surface area contributed by atoms with Crippen LogP contribution >= 0.6 is 0 Å². The predicted octanol–water partition coefficient (Wildman–Crippen LogP) is 15.5. The van der Waals surface area contributed by atoms with Gasteiger partial charge >= 0.3 is 0 Å². The summed E-state index contributed by atoms with van der Waals surface area (Å²) in [6, 6.07) is 78.4. The van der Waals surface area contributed by atoms with Crippen molar-refractivity contribution in [1.82, 2.24) is 15.0 Å². The smallest absolute Gasteiger partial charge is 0.164 e. The van der Waals surface area contributed by atoms with Crippen LogP contribution in [-0.4, -0.2) is 15.0 Å². The van der Waals surface area contributed by atoms with Crippen molar-refractivity contribution in [2.24, 2.45) is 0 Å². The Morgan fingerprint density at radius 2 is 0.687 bits per heavy atom. The lowest BCUT2D eigenvalue weighted by molar-refractivity contribution is 0.794. The van der Waals surface area contributed by atoms with Crippen LogP contribution in [0.3, 0.4) is 0 Å². The summed E-state index contributed by atoms with van der Waals surface area (Å²) in [5.74, 6) is 1.78. The lowest BCUT2D eigenvalue weighted by Gasteiger charge is -2.30. The molecule has 3 aliphatic carbocycles. The first-order valence-corrected chi connectivity index (χ1v) is 22.8. The third kappa shape index (κ3) is 6.34. The Kier molecular flexibility index (Phi) is 8.98. The zero-order valence-electron chi connectivity index (χ0n) is 36.4. The highest BCUT2D eigenvalue weighted by molar-refractivity contribution is 5.96. The first-order valence-electron chi connectivity index (χ1n) is 22.8. The highest BCUT2D eigenvalue weighted by Crippen LogP contribution is 2.63. The molecule has 0 fully saturated rings. The normalized spacial score (nSPS) is 13.2. The van der Waals surface area contributed by atoms with Crippen molar-refractivity contribution in [3.63, 3.8) is 0 Å². The first-order chi connectivity index (χ1) is 33.2. The Bertz CT molecular complexity index is 3640. The summed E-state index contributed by atoms with van der Waals surface area (Å²) in [4.78, 5) is 16.4. The highest BCUT2D eigenvalue weighted by Gasteiger charge is 2.51. The molecule has 0 atom stereocenters. The van der Waals surface area contributed by atoms with Crippen LogP contribution in [0.4, 0.5) is 0 Å². The lowest BCUT2D eigenvalue weighted by Crippen LogP contribution is -2.25. The zero-order chi connectivity index (χ0) is 44.3. The van der Waals surface area contributed by atoms with Crippen LogP contribution in [0.25, 0.3) is 95.4 Å². The van der Waals surface area contributed by atoms with Crippen LogP contribution in [0, 0.1) is 0 Å². The molecule has 13 rings (SSSR count). The van der Waals surface area contributed by atoms with E-state index >= 15 is 0 Å². The van der Waals surface area contributed by atoms with Gasteiger partial charge in [0.15, 0.2) is 17.5 Å². The molecule has 3 aliphatic rings. The molecule has 3 nitrogen and oxygen atoms in total. The minimum atomic E-state index is -0.509. The van der Waals surface area contributed by atoms with Gasteiger partial charge in [0.2, 0.25) is 0 Å². The van der Waals surface area contributed by atoms with Crippen molar-refractivity contribution in [3.8, 4) is 89.8 Å². The number of fused-ring (bicyclic) bond motifs is 10. The van der Waals surface area contributed by atoms with Crippen molar-refractivity contribution in [2.45, 2.75) is 5.41 Å². The molecule has 0 saturated carbocycles. The maximum atomic E-state index is 5.48. The van der Waals surface area contributed by atoms with Gasteiger partial charge in [0, 0.05) is 22.3 Å². The molecule has 0 unspecified atom stereocenters. The number of hydrogen-bond donors (Lipinski definition) is 0. The number of aromatic nitrogens is 3. The molecular weight excluding hydrogens is 811 g/mol. The molecule has 3 heteroatoms. The van der Waals surface area contributed by atoms with E-state index in [0.29, 0.717) is 17.5 Å². The molecular formula is C64H39N3. The summed E-state index contributed by atoms with van der Waals surface area (Å²) in [6.07, 6.45) is 5.96. The topological polar surface area (TPSA) is 38.7 Å². The Balaban J connectivity index is 1.08. The van der Waals surface area contributed by atoms with Gasteiger partial charge in [0.1, 0.15) is 0 Å². The molecule has 1 aromatic heterocycles. The van der Waals surface area contributed by atoms with E-state index in [1.165, 1.54) is 44.5 Å². The summed E-state index contributed by atoms with van der Waals surface area (Å²) in [5, 5.41) is 0. The largest absolute Gasteiger partial charge is 0.208 e. The fourth-order valence-corrected chi connectivity index (χ4v) is 10.6. The molecule has 1 heterocycles. The van der Waals surface area contributed by atoms with Crippen LogP contribution in [0.5, 0.6) is 0 Å². The Labute approximate surface area is 389 Å². The minimum Gasteiger partial charge on any atom is -0.208 e. The van der Waals surface area contributed by atoms with Crippen molar-refractivity contribution in [1.29, 1.82) is 0 Å². The van der Waals surface area contributed by atoms with Crippen LogP contribution in [0.2, 0.25) is 0 Å². The molecule has 0 amide bonds. The van der Waals surface area contributed by atoms with Crippen LogP contribution in [0.15, 0.2) is 248 Å². The van der Waals surface area contributed by atoms with Gasteiger partial charge in [-0.15, -0.1) is 0 Å². The third-order valence-corrected chi connectivity index (χ3v) is 13.6. The Morgan fingerprint density at radius 3 is 1.15 bits per heavy atom. The van der Waals surface area contributed by atoms with Crippen LogP contribution in [-0.2, 0) is 5.41 Å². The Morgan fingerprint density at radius 1 is 0.299 bits per heavy atom. The van der Waals surface area contributed by atoms with Gasteiger partial charge in [-0.05, 0) is 138 Å². The monoisotopic (exact) mass is 849 g/mol. The number of rotatable bonds is 7. The molecule has 0 radical (unpaired) electrons. The maximum absolute atomic E-state index is 5.48. The van der Waals surface area contributed by atoms with Gasteiger partial charge in [0.05, 0.1) is 5.41 Å². The molecule has 0 N–H and O–H groups in total. The van der Waals surface area contributed by atoms with Gasteiger partial charge in [0.25, 0.3) is 0 Å². The summed E-state index contributed by atoms with van der Waals surface area (Å²) in [5.41, 5.74) is 27.3. The SMILES string of the molecule is C1=C=C(c2cc(-c3ccccc3)cc(-c3nc(-c4cc(-c5ccccc5)cc(-c5ccccc5)c4)nc(-c4ccc5c(c4)C4(c6ccccc6-c6ccccc64)c4ccccc4-5)n3)c2)C=CC=1. The van der Waals surface area contributed by atoms with Crippen molar-refractivity contribution in [3.05, 3.63) is 276 Å². The second-order valence-corrected chi connectivity index (χ2v) is 17.4. The van der Waals surface area contributed by atoms with Gasteiger partial charge < -0.3 is 0 Å². The van der Waals surface area contributed by atoms with Crippen molar-refractivity contribution >= 4 is 5.57 Å². The fourth-order valence-electron chi connectivity index (χ4n) is 10.6. The molecule has 67 heavy (non-hydrogen) atoms. The molecule has 0 bridgehead atoms. The van der Waals surface area contributed by atoms with E-state index in [9.17, 15) is 0 Å². The second-order valence-electron chi connectivity index (χ2n) is 17.4. The quantitative estimate of drug-likeness (QED) is 0.150. The Hall–Kier alpha value is -8.97. The van der Waals surface area contributed by atoms with E-state index in [4.69, 9.17) is 15.0 Å². The van der Waals surface area contributed by atoms with Gasteiger partial charge in [-0.3, -0.25) is 0 Å². The van der Waals surface area contributed by atoms with Crippen LogP contribution < -0.4 is 0 Å². The summed E-state index contributed by atoms with van der Waals surface area (Å²) < 4.78 is 0.